The zero-order valence-corrected chi connectivity index (χ0v) is 13.7. The van der Waals surface area contributed by atoms with Crippen molar-refractivity contribution in [3.8, 4) is 0 Å². The summed E-state index contributed by atoms with van der Waals surface area (Å²) in [5.74, 6) is 0. The molecule has 1 saturated carbocycles. The predicted octanol–water partition coefficient (Wildman–Crippen LogP) is 2.69. The minimum absolute atomic E-state index is 0.506. The fourth-order valence-corrected chi connectivity index (χ4v) is 4.02. The number of anilines is 1. The largest absolute Gasteiger partial charge is 0.389 e. The monoisotopic (exact) mass is 303 g/mol. The summed E-state index contributed by atoms with van der Waals surface area (Å²) in [6.45, 7) is 6.64. The van der Waals surface area contributed by atoms with Crippen LogP contribution < -0.4 is 10.6 Å². The Bertz CT molecular complexity index is 515. The number of rotatable bonds is 3. The van der Waals surface area contributed by atoms with Gasteiger partial charge in [0.15, 0.2) is 0 Å². The first-order valence-electron chi connectivity index (χ1n) is 8.05. The molecule has 1 saturated heterocycles. The van der Waals surface area contributed by atoms with Crippen molar-refractivity contribution in [1.29, 1.82) is 0 Å². The standard InChI is InChI=1S/C17H25N3S/c1-13-5-4-8-15(17(18)21)16(13)20-11-9-19(10-12-20)14-6-2-3-7-14/h4-5,8,14H,2-3,6-7,9-12H2,1H3,(H2,18,21). The molecule has 0 amide bonds. The molecule has 0 atom stereocenters. The highest BCUT2D eigenvalue weighted by Crippen LogP contribution is 2.29. The van der Waals surface area contributed by atoms with E-state index in [-0.39, 0.29) is 0 Å². The van der Waals surface area contributed by atoms with Crippen LogP contribution >= 0.6 is 12.2 Å². The van der Waals surface area contributed by atoms with Crippen LogP contribution in [0.25, 0.3) is 0 Å². The summed E-state index contributed by atoms with van der Waals surface area (Å²) in [6.07, 6.45) is 5.60. The van der Waals surface area contributed by atoms with Crippen molar-refractivity contribution < 1.29 is 0 Å². The topological polar surface area (TPSA) is 32.5 Å². The molecule has 114 valence electrons. The number of hydrogen-bond acceptors (Lipinski definition) is 3. The fourth-order valence-electron chi connectivity index (χ4n) is 3.86. The maximum Gasteiger partial charge on any atom is 0.106 e. The van der Waals surface area contributed by atoms with Crippen molar-refractivity contribution in [1.82, 2.24) is 4.90 Å². The van der Waals surface area contributed by atoms with Gasteiger partial charge in [0.2, 0.25) is 0 Å². The smallest absolute Gasteiger partial charge is 0.106 e. The van der Waals surface area contributed by atoms with Crippen molar-refractivity contribution in [3.05, 3.63) is 29.3 Å². The van der Waals surface area contributed by atoms with Gasteiger partial charge in [-0.25, -0.2) is 0 Å². The quantitative estimate of drug-likeness (QED) is 0.870. The average molecular weight is 303 g/mol. The van der Waals surface area contributed by atoms with Crippen molar-refractivity contribution in [2.75, 3.05) is 31.1 Å². The van der Waals surface area contributed by atoms with Crippen LogP contribution in [0, 0.1) is 6.92 Å². The lowest BCUT2D eigenvalue weighted by atomic mass is 10.1. The maximum absolute atomic E-state index is 5.91. The molecule has 2 N–H and O–H groups in total. The molecule has 1 heterocycles. The van der Waals surface area contributed by atoms with E-state index in [1.54, 1.807) is 0 Å². The highest BCUT2D eigenvalue weighted by molar-refractivity contribution is 7.80. The van der Waals surface area contributed by atoms with Crippen LogP contribution in [0.1, 0.15) is 36.8 Å². The molecule has 2 aliphatic rings. The highest BCUT2D eigenvalue weighted by Gasteiger charge is 2.27. The fraction of sp³-hybridized carbons (Fsp3) is 0.588. The van der Waals surface area contributed by atoms with Gasteiger partial charge in [-0.05, 0) is 31.4 Å². The van der Waals surface area contributed by atoms with Gasteiger partial charge < -0.3 is 10.6 Å². The molecule has 3 nitrogen and oxygen atoms in total. The van der Waals surface area contributed by atoms with E-state index in [2.05, 4.69) is 22.8 Å². The average Bonchev–Trinajstić information content (AvgIpc) is 3.01. The second-order valence-corrected chi connectivity index (χ2v) is 6.74. The van der Waals surface area contributed by atoms with Gasteiger partial charge in [0.05, 0.1) is 0 Å². The van der Waals surface area contributed by atoms with Gasteiger partial charge in [0.1, 0.15) is 4.99 Å². The van der Waals surface area contributed by atoms with Gasteiger partial charge in [-0.1, -0.05) is 37.2 Å². The van der Waals surface area contributed by atoms with Crippen LogP contribution in [-0.2, 0) is 0 Å². The third kappa shape index (κ3) is 3.06. The van der Waals surface area contributed by atoms with E-state index in [0.29, 0.717) is 4.99 Å². The SMILES string of the molecule is Cc1cccc(C(N)=S)c1N1CCN(C2CCCC2)CC1. The normalized spacial score (nSPS) is 20.9. The third-order valence-corrected chi connectivity index (χ3v) is 5.19. The maximum atomic E-state index is 5.91. The predicted molar refractivity (Wildman–Crippen MR) is 93.1 cm³/mol. The van der Waals surface area contributed by atoms with Crippen LogP contribution in [0.2, 0.25) is 0 Å². The van der Waals surface area contributed by atoms with E-state index in [1.807, 2.05) is 12.1 Å². The molecule has 0 bridgehead atoms. The van der Waals surface area contributed by atoms with E-state index in [0.717, 1.165) is 37.8 Å². The number of benzene rings is 1. The number of aryl methyl sites for hydroxylation is 1. The van der Waals surface area contributed by atoms with E-state index >= 15 is 0 Å². The molecule has 1 aromatic rings. The van der Waals surface area contributed by atoms with Crippen molar-refractivity contribution in [2.45, 2.75) is 38.6 Å². The molecule has 0 unspecified atom stereocenters. The summed E-state index contributed by atoms with van der Waals surface area (Å²) in [7, 11) is 0. The lowest BCUT2D eigenvalue weighted by molar-refractivity contribution is 0.187. The first kappa shape index (κ1) is 14.8. The summed E-state index contributed by atoms with van der Waals surface area (Å²) in [6, 6.07) is 7.08. The molecule has 0 spiro atoms. The molecule has 0 aromatic heterocycles. The first-order valence-corrected chi connectivity index (χ1v) is 8.46. The van der Waals surface area contributed by atoms with Gasteiger partial charge in [-0.15, -0.1) is 0 Å². The first-order chi connectivity index (χ1) is 10.2. The Balaban J connectivity index is 1.73. The number of hydrogen-bond donors (Lipinski definition) is 1. The van der Waals surface area contributed by atoms with Gasteiger partial charge >= 0.3 is 0 Å². The van der Waals surface area contributed by atoms with E-state index in [9.17, 15) is 0 Å². The molecular weight excluding hydrogens is 278 g/mol. The number of piperazine rings is 1. The molecular formula is C17H25N3S. The summed E-state index contributed by atoms with van der Waals surface area (Å²) < 4.78 is 0. The molecule has 1 aromatic carbocycles. The van der Waals surface area contributed by atoms with Gasteiger partial charge in [0, 0.05) is 43.5 Å². The summed E-state index contributed by atoms with van der Waals surface area (Å²) >= 11 is 5.23. The highest BCUT2D eigenvalue weighted by atomic mass is 32.1. The minimum atomic E-state index is 0.506. The van der Waals surface area contributed by atoms with Crippen molar-refractivity contribution in [2.24, 2.45) is 5.73 Å². The Labute approximate surface area is 133 Å². The number of nitrogens with zero attached hydrogens (tertiary/aromatic N) is 2. The van der Waals surface area contributed by atoms with Crippen LogP contribution in [-0.4, -0.2) is 42.1 Å². The molecule has 1 aliphatic heterocycles. The molecule has 3 rings (SSSR count). The zero-order chi connectivity index (χ0) is 14.8. The molecule has 4 heteroatoms. The summed E-state index contributed by atoms with van der Waals surface area (Å²) in [5.41, 5.74) is 9.46. The van der Waals surface area contributed by atoms with Gasteiger partial charge in [-0.3, -0.25) is 4.90 Å². The molecule has 1 aliphatic carbocycles. The number of para-hydroxylation sites is 1. The van der Waals surface area contributed by atoms with Gasteiger partial charge in [0.25, 0.3) is 0 Å². The second-order valence-electron chi connectivity index (χ2n) is 6.30. The second kappa shape index (κ2) is 6.32. The van der Waals surface area contributed by atoms with Crippen LogP contribution in [0.15, 0.2) is 18.2 Å². The molecule has 0 radical (unpaired) electrons. The lowest BCUT2D eigenvalue weighted by Crippen LogP contribution is -2.50. The third-order valence-electron chi connectivity index (χ3n) is 4.97. The lowest BCUT2D eigenvalue weighted by Gasteiger charge is -2.40. The summed E-state index contributed by atoms with van der Waals surface area (Å²) in [5, 5.41) is 0. The minimum Gasteiger partial charge on any atom is -0.389 e. The molecule has 21 heavy (non-hydrogen) atoms. The van der Waals surface area contributed by atoms with Gasteiger partial charge in [-0.2, -0.15) is 0 Å². The Morgan fingerprint density at radius 3 is 2.43 bits per heavy atom. The Morgan fingerprint density at radius 2 is 1.81 bits per heavy atom. The number of thiocarbonyl (C=S) groups is 1. The Hall–Kier alpha value is -1.13. The molecule has 2 fully saturated rings. The van der Waals surface area contributed by atoms with E-state index in [1.165, 1.54) is 36.9 Å². The zero-order valence-electron chi connectivity index (χ0n) is 12.8. The van der Waals surface area contributed by atoms with E-state index in [4.69, 9.17) is 18.0 Å². The summed E-state index contributed by atoms with van der Waals surface area (Å²) in [4.78, 5) is 5.66. The Morgan fingerprint density at radius 1 is 1.14 bits per heavy atom. The number of nitrogens with two attached hydrogens (primary N) is 1. The Kier molecular flexibility index (Phi) is 4.45. The van der Waals surface area contributed by atoms with Crippen LogP contribution in [0.5, 0.6) is 0 Å². The van der Waals surface area contributed by atoms with Crippen LogP contribution in [0.4, 0.5) is 5.69 Å². The van der Waals surface area contributed by atoms with E-state index < -0.39 is 0 Å². The van der Waals surface area contributed by atoms with Crippen LogP contribution in [0.3, 0.4) is 0 Å². The van der Waals surface area contributed by atoms with Crippen molar-refractivity contribution >= 4 is 22.9 Å². The van der Waals surface area contributed by atoms with Crippen molar-refractivity contribution in [3.63, 3.8) is 0 Å².